The van der Waals surface area contributed by atoms with Gasteiger partial charge in [0.1, 0.15) is 5.82 Å². The van der Waals surface area contributed by atoms with Gasteiger partial charge in [0.15, 0.2) is 5.84 Å². The summed E-state index contributed by atoms with van der Waals surface area (Å²) in [5.74, 6) is 1.85. The molecule has 1 aromatic heterocycles. The summed E-state index contributed by atoms with van der Waals surface area (Å²) in [5.41, 5.74) is 17.0. The maximum atomic E-state index is 5.46. The lowest BCUT2D eigenvalue weighted by Crippen LogP contribution is -2.26. The Hall–Kier alpha value is -7.95. The van der Waals surface area contributed by atoms with Gasteiger partial charge in [-0.15, -0.1) is 0 Å². The number of aromatic nitrogens is 2. The lowest BCUT2D eigenvalue weighted by Gasteiger charge is -2.29. The van der Waals surface area contributed by atoms with E-state index in [1.54, 1.807) is 0 Å². The molecule has 4 heteroatoms. The predicted octanol–water partition coefficient (Wildman–Crippen LogP) is 15.0. The molecule has 10 aromatic rings. The molecule has 0 N–H and O–H groups in total. The minimum absolute atomic E-state index is 0.0312. The fourth-order valence-corrected chi connectivity index (χ4v) is 9.57. The van der Waals surface area contributed by atoms with Crippen molar-refractivity contribution in [2.45, 2.75) is 26.3 Å². The molecule has 0 fully saturated rings. The van der Waals surface area contributed by atoms with Crippen molar-refractivity contribution >= 4 is 33.4 Å². The third-order valence-corrected chi connectivity index (χ3v) is 12.8. The van der Waals surface area contributed by atoms with Crippen molar-refractivity contribution in [1.82, 2.24) is 9.55 Å². The van der Waals surface area contributed by atoms with Crippen molar-refractivity contribution in [1.29, 1.82) is 0 Å². The number of para-hydroxylation sites is 2. The summed E-state index contributed by atoms with van der Waals surface area (Å²) in [6.07, 6.45) is 0.850. The molecule has 306 valence electrons. The minimum atomic E-state index is -0.0920. The summed E-state index contributed by atoms with van der Waals surface area (Å²) < 4.78 is 2.30. The van der Waals surface area contributed by atoms with Crippen molar-refractivity contribution < 1.29 is 0 Å². The average Bonchev–Trinajstić information content (AvgIpc) is 3.76. The smallest absolute Gasteiger partial charge is 0.155 e. The van der Waals surface area contributed by atoms with Crippen molar-refractivity contribution in [3.05, 3.63) is 241 Å². The second kappa shape index (κ2) is 16.7. The Morgan fingerprint density at radius 1 is 0.453 bits per heavy atom. The number of fused-ring (bicyclic) bond motifs is 2. The second-order valence-electron chi connectivity index (χ2n) is 16.6. The Bertz CT molecular complexity index is 3380. The molecule has 1 aliphatic heterocycles. The van der Waals surface area contributed by atoms with Crippen molar-refractivity contribution in [2.75, 3.05) is 0 Å². The molecule has 64 heavy (non-hydrogen) atoms. The number of amidine groups is 1. The molecule has 2 unspecified atom stereocenters. The van der Waals surface area contributed by atoms with Crippen LogP contribution in [0.25, 0.3) is 72.0 Å². The van der Waals surface area contributed by atoms with E-state index in [1.165, 1.54) is 55.3 Å². The number of imidazole rings is 1. The Kier molecular flexibility index (Phi) is 10.2. The highest BCUT2D eigenvalue weighted by Crippen LogP contribution is 2.41. The molecule has 11 rings (SSSR count). The molecule has 0 saturated carbocycles. The van der Waals surface area contributed by atoms with Gasteiger partial charge < -0.3 is 0 Å². The summed E-state index contributed by atoms with van der Waals surface area (Å²) in [7, 11) is 0. The van der Waals surface area contributed by atoms with E-state index in [9.17, 15) is 0 Å². The van der Waals surface area contributed by atoms with Crippen molar-refractivity contribution in [2.24, 2.45) is 15.9 Å². The summed E-state index contributed by atoms with van der Waals surface area (Å²) in [4.78, 5) is 15.8. The quantitative estimate of drug-likeness (QED) is 0.143. The average molecular weight is 823 g/mol. The van der Waals surface area contributed by atoms with Crippen LogP contribution in [0, 0.1) is 5.92 Å². The molecule has 9 aromatic carbocycles. The zero-order valence-corrected chi connectivity index (χ0v) is 35.9. The van der Waals surface area contributed by atoms with Gasteiger partial charge >= 0.3 is 0 Å². The van der Waals surface area contributed by atoms with Crippen molar-refractivity contribution in [3.63, 3.8) is 0 Å². The van der Waals surface area contributed by atoms with Gasteiger partial charge in [0.25, 0.3) is 0 Å². The van der Waals surface area contributed by atoms with Gasteiger partial charge in [-0.05, 0) is 91.2 Å². The normalized spacial score (nSPS) is 15.0. The van der Waals surface area contributed by atoms with Gasteiger partial charge in [0.05, 0.1) is 22.8 Å². The van der Waals surface area contributed by atoms with Crippen LogP contribution in [0.15, 0.2) is 228 Å². The first kappa shape index (κ1) is 38.9. The van der Waals surface area contributed by atoms with Gasteiger partial charge in [0, 0.05) is 29.2 Å². The molecule has 0 bridgehead atoms. The van der Waals surface area contributed by atoms with Crippen LogP contribution in [0.1, 0.15) is 42.4 Å². The largest absolute Gasteiger partial charge is 0.296 e. The molecular formula is C60H46N4. The van der Waals surface area contributed by atoms with Gasteiger partial charge in [-0.2, -0.15) is 0 Å². The molecular weight excluding hydrogens is 777 g/mol. The number of benzene rings is 9. The number of nitrogens with zero attached hydrogens (tertiary/aromatic N) is 4. The maximum Gasteiger partial charge on any atom is 0.155 e. The van der Waals surface area contributed by atoms with E-state index in [0.717, 1.165) is 57.2 Å². The number of hydrogen-bond acceptors (Lipinski definition) is 3. The Balaban J connectivity index is 0.984. The summed E-state index contributed by atoms with van der Waals surface area (Å²) >= 11 is 0. The highest BCUT2D eigenvalue weighted by molar-refractivity contribution is 6.18. The first-order chi connectivity index (χ1) is 31.6. The third-order valence-electron chi connectivity index (χ3n) is 12.8. The molecule has 0 spiro atoms. The topological polar surface area (TPSA) is 42.5 Å². The maximum absolute atomic E-state index is 5.46. The van der Waals surface area contributed by atoms with Crippen LogP contribution in [-0.2, 0) is 6.42 Å². The molecule has 2 heterocycles. The van der Waals surface area contributed by atoms with E-state index >= 15 is 0 Å². The van der Waals surface area contributed by atoms with Gasteiger partial charge in [-0.3, -0.25) is 9.56 Å². The predicted molar refractivity (Wildman–Crippen MR) is 268 cm³/mol. The summed E-state index contributed by atoms with van der Waals surface area (Å²) in [6, 6.07) is 78.2. The highest BCUT2D eigenvalue weighted by atomic mass is 15.1. The Labute approximate surface area is 374 Å². The molecule has 2 atom stereocenters. The van der Waals surface area contributed by atoms with Crippen LogP contribution in [0.5, 0.6) is 0 Å². The van der Waals surface area contributed by atoms with Crippen LogP contribution in [0.3, 0.4) is 0 Å². The number of aryl methyl sites for hydroxylation is 1. The standard InChI is InChI=1S/C60H46N4/c1-3-57-61-55-32-12-13-33-56(55)64(57)48-25-15-23-46(39-48)45-22-14-24-47(38-45)49-28-16-30-51-50(49)29-17-31-52(51)53-26-10-11-27-54(53)59-40(2)58(43-20-8-5-9-21-43)62-60(63-59)44-36-34-42(35-37-44)41-18-6-4-7-19-41/h4-40,58H,3H2,1-2H3. The SMILES string of the molecule is CCc1nc2ccccc2n1-c1cccc(-c2cccc(-c3cccc4c(-c5ccccc5C5=NC(c6ccc(-c7ccccc7)cc6)=NC(c6ccccc6)C5C)cccc34)c2)c1. The van der Waals surface area contributed by atoms with E-state index in [2.05, 4.69) is 237 Å². The van der Waals surface area contributed by atoms with Crippen LogP contribution >= 0.6 is 0 Å². The monoisotopic (exact) mass is 822 g/mol. The van der Waals surface area contributed by atoms with E-state index in [1.807, 2.05) is 0 Å². The number of rotatable bonds is 9. The van der Waals surface area contributed by atoms with Crippen LogP contribution < -0.4 is 0 Å². The van der Waals surface area contributed by atoms with E-state index in [-0.39, 0.29) is 12.0 Å². The highest BCUT2D eigenvalue weighted by Gasteiger charge is 2.31. The molecule has 4 nitrogen and oxygen atoms in total. The lowest BCUT2D eigenvalue weighted by atomic mass is 9.82. The number of hydrogen-bond donors (Lipinski definition) is 0. The zero-order chi connectivity index (χ0) is 43.0. The molecule has 0 radical (unpaired) electrons. The Morgan fingerprint density at radius 3 is 1.80 bits per heavy atom. The summed E-state index contributed by atoms with van der Waals surface area (Å²) in [6.45, 7) is 4.44. The van der Waals surface area contributed by atoms with Gasteiger partial charge in [-0.1, -0.05) is 202 Å². The van der Waals surface area contributed by atoms with Crippen molar-refractivity contribution in [3.8, 4) is 50.2 Å². The fourth-order valence-electron chi connectivity index (χ4n) is 9.57. The molecule has 1 aliphatic rings. The van der Waals surface area contributed by atoms with Gasteiger partial charge in [0.2, 0.25) is 0 Å². The summed E-state index contributed by atoms with van der Waals surface area (Å²) in [5, 5.41) is 2.41. The molecule has 0 saturated heterocycles. The van der Waals surface area contributed by atoms with E-state index in [0.29, 0.717) is 0 Å². The molecule has 0 amide bonds. The van der Waals surface area contributed by atoms with E-state index in [4.69, 9.17) is 15.0 Å². The Morgan fingerprint density at radius 2 is 1.02 bits per heavy atom. The van der Waals surface area contributed by atoms with E-state index < -0.39 is 0 Å². The zero-order valence-electron chi connectivity index (χ0n) is 35.9. The van der Waals surface area contributed by atoms with Crippen LogP contribution in [0.2, 0.25) is 0 Å². The third kappa shape index (κ3) is 7.13. The first-order valence-electron chi connectivity index (χ1n) is 22.3. The van der Waals surface area contributed by atoms with Crippen LogP contribution in [0.4, 0.5) is 0 Å². The minimum Gasteiger partial charge on any atom is -0.296 e. The molecule has 0 aliphatic carbocycles. The van der Waals surface area contributed by atoms with Crippen LogP contribution in [-0.4, -0.2) is 21.1 Å². The second-order valence-corrected chi connectivity index (χ2v) is 16.6. The lowest BCUT2D eigenvalue weighted by molar-refractivity contribution is 0.592. The fraction of sp³-hybridized carbons (Fsp3) is 0.0833. The van der Waals surface area contributed by atoms with Gasteiger partial charge in [-0.25, -0.2) is 9.98 Å². The first-order valence-corrected chi connectivity index (χ1v) is 22.3. The number of aliphatic imine (C=N–C) groups is 2.